The summed E-state index contributed by atoms with van der Waals surface area (Å²) in [6.45, 7) is 4.64. The second kappa shape index (κ2) is 9.61. The van der Waals surface area contributed by atoms with E-state index in [0.717, 1.165) is 11.6 Å². The van der Waals surface area contributed by atoms with Gasteiger partial charge in [-0.15, -0.1) is 10.2 Å². The average Bonchev–Trinajstić information content (AvgIpc) is 3.12. The predicted octanol–water partition coefficient (Wildman–Crippen LogP) is 4.82. The molecule has 0 spiro atoms. The molecule has 1 atom stereocenters. The summed E-state index contributed by atoms with van der Waals surface area (Å²) in [6, 6.07) is 16.6. The second-order valence-corrected chi connectivity index (χ2v) is 7.38. The molecule has 2 aromatic carbocycles. The summed E-state index contributed by atoms with van der Waals surface area (Å²) in [7, 11) is 0. The standard InChI is InChI=1S/C20H21ClN4O2S/c1-3-25-19(14(2)27-17-7-5-4-6-8-17)23-24-20(25)28-13-18(26)22-16-11-9-15(21)10-12-16/h4-12,14H,3,13H2,1-2H3,(H,22,26)/t14-/m1/s1. The molecule has 0 bridgehead atoms. The zero-order valence-electron chi connectivity index (χ0n) is 15.6. The third-order valence-electron chi connectivity index (χ3n) is 3.94. The molecule has 8 heteroatoms. The number of hydrogen-bond acceptors (Lipinski definition) is 5. The number of hydrogen-bond donors (Lipinski definition) is 1. The lowest BCUT2D eigenvalue weighted by molar-refractivity contribution is -0.113. The van der Waals surface area contributed by atoms with Crippen LogP contribution in [0.3, 0.4) is 0 Å². The molecule has 0 saturated heterocycles. The number of carbonyl (C=O) groups is 1. The number of rotatable bonds is 8. The number of thioether (sulfide) groups is 1. The molecule has 0 radical (unpaired) electrons. The first kappa shape index (κ1) is 20.2. The van der Waals surface area contributed by atoms with Gasteiger partial charge in [-0.25, -0.2) is 0 Å². The predicted molar refractivity (Wildman–Crippen MR) is 112 cm³/mol. The zero-order valence-corrected chi connectivity index (χ0v) is 17.2. The first-order valence-electron chi connectivity index (χ1n) is 8.90. The Kier molecular flexibility index (Phi) is 6.95. The molecule has 0 aliphatic carbocycles. The van der Waals surface area contributed by atoms with E-state index in [1.807, 2.05) is 48.7 Å². The maximum Gasteiger partial charge on any atom is 0.234 e. The first-order chi connectivity index (χ1) is 13.6. The van der Waals surface area contributed by atoms with Crippen molar-refractivity contribution in [2.24, 2.45) is 0 Å². The molecule has 28 heavy (non-hydrogen) atoms. The number of ether oxygens (including phenoxy) is 1. The Balaban J connectivity index is 1.61. The smallest absolute Gasteiger partial charge is 0.234 e. The van der Waals surface area contributed by atoms with Gasteiger partial charge in [0, 0.05) is 17.3 Å². The summed E-state index contributed by atoms with van der Waals surface area (Å²) >= 11 is 7.20. The van der Waals surface area contributed by atoms with Crippen LogP contribution in [0, 0.1) is 0 Å². The Bertz CT molecular complexity index is 916. The molecule has 0 saturated carbocycles. The van der Waals surface area contributed by atoms with Gasteiger partial charge >= 0.3 is 0 Å². The minimum Gasteiger partial charge on any atom is -0.483 e. The van der Waals surface area contributed by atoms with Crippen LogP contribution >= 0.6 is 23.4 Å². The van der Waals surface area contributed by atoms with Crippen LogP contribution < -0.4 is 10.1 Å². The molecule has 0 aliphatic heterocycles. The van der Waals surface area contributed by atoms with Crippen LogP contribution in [0.25, 0.3) is 0 Å². The summed E-state index contributed by atoms with van der Waals surface area (Å²) in [6.07, 6.45) is -0.257. The number of nitrogens with zero attached hydrogens (tertiary/aromatic N) is 3. The molecule has 0 aliphatic rings. The van der Waals surface area contributed by atoms with E-state index in [0.29, 0.717) is 22.4 Å². The minimum atomic E-state index is -0.257. The summed E-state index contributed by atoms with van der Waals surface area (Å²) in [5.74, 6) is 1.62. The third kappa shape index (κ3) is 5.27. The van der Waals surface area contributed by atoms with E-state index in [2.05, 4.69) is 15.5 Å². The number of amides is 1. The third-order valence-corrected chi connectivity index (χ3v) is 5.16. The Morgan fingerprint density at radius 1 is 1.18 bits per heavy atom. The molecular weight excluding hydrogens is 396 g/mol. The van der Waals surface area contributed by atoms with E-state index >= 15 is 0 Å². The number of anilines is 1. The fraction of sp³-hybridized carbons (Fsp3) is 0.250. The average molecular weight is 417 g/mol. The summed E-state index contributed by atoms with van der Waals surface area (Å²) in [5, 5.41) is 12.7. The Morgan fingerprint density at radius 2 is 1.89 bits per heavy atom. The number of carbonyl (C=O) groups excluding carboxylic acids is 1. The molecule has 1 N–H and O–H groups in total. The highest BCUT2D eigenvalue weighted by Crippen LogP contribution is 2.24. The maximum absolute atomic E-state index is 12.2. The van der Waals surface area contributed by atoms with Crippen molar-refractivity contribution in [2.75, 3.05) is 11.1 Å². The summed E-state index contributed by atoms with van der Waals surface area (Å²) < 4.78 is 7.91. The van der Waals surface area contributed by atoms with Gasteiger partial charge in [-0.05, 0) is 50.2 Å². The van der Waals surface area contributed by atoms with Crippen molar-refractivity contribution in [3.63, 3.8) is 0 Å². The lowest BCUT2D eigenvalue weighted by Crippen LogP contribution is -2.15. The molecule has 3 aromatic rings. The van der Waals surface area contributed by atoms with E-state index < -0.39 is 0 Å². The molecule has 146 valence electrons. The van der Waals surface area contributed by atoms with Gasteiger partial charge in [-0.3, -0.25) is 4.79 Å². The van der Waals surface area contributed by atoms with Crippen molar-refractivity contribution >= 4 is 35.0 Å². The van der Waals surface area contributed by atoms with Crippen LogP contribution in [-0.2, 0) is 11.3 Å². The van der Waals surface area contributed by atoms with Crippen LogP contribution in [0.15, 0.2) is 59.8 Å². The highest BCUT2D eigenvalue weighted by molar-refractivity contribution is 7.99. The Hall–Kier alpha value is -2.51. The number of nitrogens with one attached hydrogen (secondary N) is 1. The molecule has 0 fully saturated rings. The van der Waals surface area contributed by atoms with Crippen molar-refractivity contribution in [2.45, 2.75) is 31.7 Å². The van der Waals surface area contributed by atoms with Crippen LogP contribution in [0.2, 0.25) is 5.02 Å². The van der Waals surface area contributed by atoms with Crippen molar-refractivity contribution in [3.05, 3.63) is 65.4 Å². The van der Waals surface area contributed by atoms with Gasteiger partial charge in [0.15, 0.2) is 17.1 Å². The fourth-order valence-corrected chi connectivity index (χ4v) is 3.56. The van der Waals surface area contributed by atoms with Crippen molar-refractivity contribution in [3.8, 4) is 5.75 Å². The van der Waals surface area contributed by atoms with Crippen LogP contribution in [0.4, 0.5) is 5.69 Å². The quantitative estimate of drug-likeness (QED) is 0.533. The van der Waals surface area contributed by atoms with E-state index in [1.165, 1.54) is 11.8 Å². The molecule has 0 unspecified atom stereocenters. The van der Waals surface area contributed by atoms with Crippen LogP contribution in [0.5, 0.6) is 5.75 Å². The molecule has 1 aromatic heterocycles. The number of para-hydroxylation sites is 1. The van der Waals surface area contributed by atoms with Gasteiger partial charge < -0.3 is 14.6 Å². The van der Waals surface area contributed by atoms with Crippen molar-refractivity contribution in [1.82, 2.24) is 14.8 Å². The topological polar surface area (TPSA) is 69.0 Å². The van der Waals surface area contributed by atoms with E-state index in [9.17, 15) is 4.79 Å². The number of benzene rings is 2. The number of halogens is 1. The summed E-state index contributed by atoms with van der Waals surface area (Å²) in [4.78, 5) is 12.2. The van der Waals surface area contributed by atoms with Gasteiger partial charge in [0.1, 0.15) is 5.75 Å². The lowest BCUT2D eigenvalue weighted by Gasteiger charge is -2.15. The fourth-order valence-electron chi connectivity index (χ4n) is 2.62. The SMILES string of the molecule is CCn1c(SCC(=O)Nc2ccc(Cl)cc2)nnc1[C@@H](C)Oc1ccccc1. The van der Waals surface area contributed by atoms with Gasteiger partial charge in [0.05, 0.1) is 5.75 Å². The maximum atomic E-state index is 12.2. The summed E-state index contributed by atoms with van der Waals surface area (Å²) in [5.41, 5.74) is 0.706. The first-order valence-corrected chi connectivity index (χ1v) is 10.3. The minimum absolute atomic E-state index is 0.117. The van der Waals surface area contributed by atoms with Gasteiger partial charge in [0.25, 0.3) is 0 Å². The number of aromatic nitrogens is 3. The molecule has 3 rings (SSSR count). The highest BCUT2D eigenvalue weighted by atomic mass is 35.5. The van der Waals surface area contributed by atoms with Crippen LogP contribution in [-0.4, -0.2) is 26.4 Å². The molecular formula is C20H21ClN4O2S. The van der Waals surface area contributed by atoms with Gasteiger partial charge in [-0.1, -0.05) is 41.6 Å². The Morgan fingerprint density at radius 3 is 2.57 bits per heavy atom. The van der Waals surface area contributed by atoms with Gasteiger partial charge in [0.2, 0.25) is 5.91 Å². The largest absolute Gasteiger partial charge is 0.483 e. The van der Waals surface area contributed by atoms with E-state index in [-0.39, 0.29) is 17.8 Å². The van der Waals surface area contributed by atoms with E-state index in [1.54, 1.807) is 24.3 Å². The van der Waals surface area contributed by atoms with Crippen molar-refractivity contribution in [1.29, 1.82) is 0 Å². The Labute approximate surface area is 173 Å². The molecule has 1 amide bonds. The molecule has 1 heterocycles. The highest BCUT2D eigenvalue weighted by Gasteiger charge is 2.19. The second-order valence-electron chi connectivity index (χ2n) is 6.00. The van der Waals surface area contributed by atoms with Crippen LogP contribution in [0.1, 0.15) is 25.8 Å². The van der Waals surface area contributed by atoms with Crippen molar-refractivity contribution < 1.29 is 9.53 Å². The van der Waals surface area contributed by atoms with E-state index in [4.69, 9.17) is 16.3 Å². The lowest BCUT2D eigenvalue weighted by atomic mass is 10.3. The van der Waals surface area contributed by atoms with Gasteiger partial charge in [-0.2, -0.15) is 0 Å². The normalized spacial score (nSPS) is 11.8. The monoisotopic (exact) mass is 416 g/mol. The molecule has 6 nitrogen and oxygen atoms in total. The zero-order chi connectivity index (χ0) is 19.9.